The number of nitrogens with zero attached hydrogens (tertiary/aromatic N) is 1. The first-order chi connectivity index (χ1) is 13.4. The molecule has 0 heterocycles. The Morgan fingerprint density at radius 3 is 2.75 bits per heavy atom. The molecule has 8 heteroatoms. The standard InChI is InChI=1S/C20H21ClFN3O3/c1-3-13(2)24-19(26)20(27)25-23-11-15-10-16(21)7-8-18(15)28-12-14-5-4-6-17(22)9-14/h4-11,13H,3,12H2,1-2H3,(H,24,26)(H,25,27)/b23-11-/t13-/m1/s1. The van der Waals surface area contributed by atoms with Gasteiger partial charge >= 0.3 is 11.8 Å². The summed E-state index contributed by atoms with van der Waals surface area (Å²) < 4.78 is 19.0. The SMILES string of the molecule is CC[C@@H](C)NC(=O)C(=O)N/N=C\c1cc(Cl)ccc1OCc1cccc(F)c1. The highest BCUT2D eigenvalue weighted by molar-refractivity contribution is 6.35. The number of benzene rings is 2. The first-order valence-electron chi connectivity index (χ1n) is 8.69. The minimum absolute atomic E-state index is 0.113. The molecular formula is C20H21ClFN3O3. The van der Waals surface area contributed by atoms with Crippen molar-refractivity contribution in [1.82, 2.24) is 10.7 Å². The summed E-state index contributed by atoms with van der Waals surface area (Å²) >= 11 is 6.00. The van der Waals surface area contributed by atoms with Crippen molar-refractivity contribution < 1.29 is 18.7 Å². The fraction of sp³-hybridized carbons (Fsp3) is 0.250. The molecule has 0 aliphatic carbocycles. The minimum atomic E-state index is -0.874. The van der Waals surface area contributed by atoms with Gasteiger partial charge in [0.15, 0.2) is 0 Å². The minimum Gasteiger partial charge on any atom is -0.488 e. The van der Waals surface area contributed by atoms with Gasteiger partial charge in [-0.2, -0.15) is 5.10 Å². The summed E-state index contributed by atoms with van der Waals surface area (Å²) in [5.74, 6) is -1.55. The monoisotopic (exact) mass is 405 g/mol. The van der Waals surface area contributed by atoms with Crippen LogP contribution in [0.15, 0.2) is 47.6 Å². The summed E-state index contributed by atoms with van der Waals surface area (Å²) in [6, 6.07) is 10.8. The van der Waals surface area contributed by atoms with Gasteiger partial charge in [0.2, 0.25) is 0 Å². The first kappa shape index (κ1) is 21.4. The quantitative estimate of drug-likeness (QED) is 0.421. The highest BCUT2D eigenvalue weighted by atomic mass is 35.5. The van der Waals surface area contributed by atoms with Crippen molar-refractivity contribution in [2.24, 2.45) is 5.10 Å². The molecule has 0 unspecified atom stereocenters. The van der Waals surface area contributed by atoms with Crippen LogP contribution in [0.5, 0.6) is 5.75 Å². The fourth-order valence-electron chi connectivity index (χ4n) is 2.14. The molecule has 0 aliphatic heterocycles. The van der Waals surface area contributed by atoms with Crippen molar-refractivity contribution in [2.45, 2.75) is 32.9 Å². The Morgan fingerprint density at radius 1 is 1.25 bits per heavy atom. The molecule has 0 fully saturated rings. The number of rotatable bonds is 7. The van der Waals surface area contributed by atoms with Gasteiger partial charge in [-0.25, -0.2) is 9.82 Å². The fourth-order valence-corrected chi connectivity index (χ4v) is 2.32. The molecule has 28 heavy (non-hydrogen) atoms. The molecule has 0 aromatic heterocycles. The smallest absolute Gasteiger partial charge is 0.329 e. The van der Waals surface area contributed by atoms with E-state index in [1.165, 1.54) is 18.3 Å². The Kier molecular flexibility index (Phi) is 7.95. The van der Waals surface area contributed by atoms with Crippen molar-refractivity contribution >= 4 is 29.6 Å². The molecule has 2 aromatic rings. The van der Waals surface area contributed by atoms with Gasteiger partial charge in [-0.3, -0.25) is 9.59 Å². The van der Waals surface area contributed by atoms with Gasteiger partial charge in [-0.1, -0.05) is 30.7 Å². The molecule has 2 amide bonds. The van der Waals surface area contributed by atoms with E-state index in [1.54, 1.807) is 37.3 Å². The van der Waals surface area contributed by atoms with Crippen LogP contribution < -0.4 is 15.5 Å². The number of halogens is 2. The van der Waals surface area contributed by atoms with Gasteiger partial charge in [-0.15, -0.1) is 0 Å². The highest BCUT2D eigenvalue weighted by Crippen LogP contribution is 2.22. The molecule has 0 bridgehead atoms. The lowest BCUT2D eigenvalue weighted by atomic mass is 10.2. The zero-order valence-corrected chi connectivity index (χ0v) is 16.3. The van der Waals surface area contributed by atoms with E-state index in [0.29, 0.717) is 28.3 Å². The summed E-state index contributed by atoms with van der Waals surface area (Å²) in [7, 11) is 0. The summed E-state index contributed by atoms with van der Waals surface area (Å²) in [5, 5.41) is 6.77. The summed E-state index contributed by atoms with van der Waals surface area (Å²) in [6.45, 7) is 3.83. The van der Waals surface area contributed by atoms with Crippen LogP contribution in [0.1, 0.15) is 31.4 Å². The van der Waals surface area contributed by atoms with Crippen LogP contribution in [0.2, 0.25) is 5.02 Å². The molecular weight excluding hydrogens is 385 g/mol. The van der Waals surface area contributed by atoms with Crippen LogP contribution in [-0.2, 0) is 16.2 Å². The van der Waals surface area contributed by atoms with E-state index in [-0.39, 0.29) is 18.5 Å². The van der Waals surface area contributed by atoms with Gasteiger partial charge in [-0.05, 0) is 49.2 Å². The van der Waals surface area contributed by atoms with Crippen LogP contribution in [0, 0.1) is 5.82 Å². The lowest BCUT2D eigenvalue weighted by molar-refractivity contribution is -0.139. The van der Waals surface area contributed by atoms with Crippen molar-refractivity contribution in [3.05, 3.63) is 64.4 Å². The van der Waals surface area contributed by atoms with Gasteiger partial charge in [0.1, 0.15) is 18.2 Å². The molecule has 2 N–H and O–H groups in total. The highest BCUT2D eigenvalue weighted by Gasteiger charge is 2.14. The normalized spacial score (nSPS) is 11.9. The topological polar surface area (TPSA) is 79.8 Å². The summed E-state index contributed by atoms with van der Waals surface area (Å²) in [6.07, 6.45) is 2.03. The third-order valence-electron chi connectivity index (χ3n) is 3.82. The van der Waals surface area contributed by atoms with E-state index in [4.69, 9.17) is 16.3 Å². The molecule has 0 aliphatic rings. The molecule has 0 saturated heterocycles. The lowest BCUT2D eigenvalue weighted by Crippen LogP contribution is -2.41. The number of carbonyl (C=O) groups excluding carboxylic acids is 2. The van der Waals surface area contributed by atoms with Crippen LogP contribution in [0.4, 0.5) is 4.39 Å². The molecule has 0 radical (unpaired) electrons. The zero-order chi connectivity index (χ0) is 20.5. The number of hydrogen-bond acceptors (Lipinski definition) is 4. The molecule has 2 aromatic carbocycles. The Hall–Kier alpha value is -2.93. The second kappa shape index (κ2) is 10.4. The van der Waals surface area contributed by atoms with E-state index in [2.05, 4.69) is 15.8 Å². The van der Waals surface area contributed by atoms with Crippen molar-refractivity contribution in [3.8, 4) is 5.75 Å². The molecule has 1 atom stereocenters. The number of carbonyl (C=O) groups is 2. The Morgan fingerprint density at radius 2 is 2.04 bits per heavy atom. The second-order valence-electron chi connectivity index (χ2n) is 6.08. The molecule has 6 nitrogen and oxygen atoms in total. The van der Waals surface area contributed by atoms with Gasteiger partial charge in [0, 0.05) is 16.6 Å². The van der Waals surface area contributed by atoms with Crippen LogP contribution >= 0.6 is 11.6 Å². The van der Waals surface area contributed by atoms with E-state index in [1.807, 2.05) is 6.92 Å². The maximum Gasteiger partial charge on any atom is 0.329 e. The number of hydrazone groups is 1. The molecule has 2 rings (SSSR count). The second-order valence-corrected chi connectivity index (χ2v) is 6.52. The first-order valence-corrected chi connectivity index (χ1v) is 9.07. The Bertz CT molecular complexity index is 874. The van der Waals surface area contributed by atoms with E-state index < -0.39 is 11.8 Å². The average Bonchev–Trinajstić information content (AvgIpc) is 2.67. The molecule has 0 spiro atoms. The van der Waals surface area contributed by atoms with Gasteiger partial charge in [0.25, 0.3) is 0 Å². The maximum absolute atomic E-state index is 13.3. The number of ether oxygens (including phenoxy) is 1. The maximum atomic E-state index is 13.3. The summed E-state index contributed by atoms with van der Waals surface area (Å²) in [5.41, 5.74) is 3.31. The third-order valence-corrected chi connectivity index (χ3v) is 4.06. The largest absolute Gasteiger partial charge is 0.488 e. The average molecular weight is 406 g/mol. The Labute approximate surface area is 167 Å². The van der Waals surface area contributed by atoms with E-state index in [0.717, 1.165) is 0 Å². The van der Waals surface area contributed by atoms with E-state index in [9.17, 15) is 14.0 Å². The zero-order valence-electron chi connectivity index (χ0n) is 15.5. The number of hydrogen-bond donors (Lipinski definition) is 2. The number of nitrogens with one attached hydrogen (secondary N) is 2. The van der Waals surface area contributed by atoms with Crippen LogP contribution in [0.3, 0.4) is 0 Å². The van der Waals surface area contributed by atoms with Crippen LogP contribution in [0.25, 0.3) is 0 Å². The van der Waals surface area contributed by atoms with Gasteiger partial charge in [0.05, 0.1) is 6.21 Å². The van der Waals surface area contributed by atoms with Crippen molar-refractivity contribution in [1.29, 1.82) is 0 Å². The van der Waals surface area contributed by atoms with Gasteiger partial charge < -0.3 is 10.1 Å². The lowest BCUT2D eigenvalue weighted by Gasteiger charge is -2.10. The van der Waals surface area contributed by atoms with Crippen LogP contribution in [-0.4, -0.2) is 24.1 Å². The van der Waals surface area contributed by atoms with Crippen molar-refractivity contribution in [2.75, 3.05) is 0 Å². The molecule has 148 valence electrons. The van der Waals surface area contributed by atoms with Crippen molar-refractivity contribution in [3.63, 3.8) is 0 Å². The third kappa shape index (κ3) is 6.66. The molecule has 0 saturated carbocycles. The summed E-state index contributed by atoms with van der Waals surface area (Å²) in [4.78, 5) is 23.4. The van der Waals surface area contributed by atoms with E-state index >= 15 is 0 Å². The Balaban J connectivity index is 2.02. The predicted molar refractivity (Wildman–Crippen MR) is 106 cm³/mol. The predicted octanol–water partition coefficient (Wildman–Crippen LogP) is 3.42. The number of amides is 2.